The van der Waals surface area contributed by atoms with Crippen LogP contribution >= 0.6 is 0 Å². The van der Waals surface area contributed by atoms with Gasteiger partial charge in [0.25, 0.3) is 0 Å². The molecule has 2 aromatic carbocycles. The van der Waals surface area contributed by atoms with Crippen molar-refractivity contribution in [1.82, 2.24) is 15.4 Å². The summed E-state index contributed by atoms with van der Waals surface area (Å²) in [5, 5.41) is 6.49. The zero-order chi connectivity index (χ0) is 22.9. The van der Waals surface area contributed by atoms with Crippen molar-refractivity contribution in [1.29, 1.82) is 0 Å². The highest BCUT2D eigenvalue weighted by atomic mass is 32.2. The summed E-state index contributed by atoms with van der Waals surface area (Å²) in [6, 6.07) is 13.0. The number of guanidine groups is 1. The molecule has 31 heavy (non-hydrogen) atoms. The normalized spacial score (nSPS) is 12.0. The van der Waals surface area contributed by atoms with Crippen molar-refractivity contribution in [3.8, 4) is 11.5 Å². The molecule has 0 heterocycles. The third-order valence-electron chi connectivity index (χ3n) is 4.49. The van der Waals surface area contributed by atoms with Gasteiger partial charge in [0.05, 0.1) is 20.0 Å². The fourth-order valence-electron chi connectivity index (χ4n) is 3.05. The van der Waals surface area contributed by atoms with E-state index in [-0.39, 0.29) is 11.8 Å². The smallest absolute Gasteiger partial charge is 0.216 e. The average Bonchev–Trinajstić information content (AvgIpc) is 2.73. The number of sulfonamides is 1. The van der Waals surface area contributed by atoms with Crippen LogP contribution in [-0.2, 0) is 28.9 Å². The summed E-state index contributed by atoms with van der Waals surface area (Å²) < 4.78 is 37.9. The molecular formula is C22H32N4O4S. The number of nitrogens with zero attached hydrogens (tertiary/aromatic N) is 1. The molecule has 0 saturated heterocycles. The Labute approximate surface area is 185 Å². The summed E-state index contributed by atoms with van der Waals surface area (Å²) in [6.45, 7) is 4.55. The number of hydrogen-bond acceptors (Lipinski definition) is 5. The highest BCUT2D eigenvalue weighted by molar-refractivity contribution is 7.88. The molecule has 170 valence electrons. The molecule has 0 aromatic heterocycles. The van der Waals surface area contributed by atoms with Crippen LogP contribution in [0.1, 0.15) is 30.5 Å². The van der Waals surface area contributed by atoms with Gasteiger partial charge in [0, 0.05) is 37.8 Å². The quantitative estimate of drug-likeness (QED) is 0.381. The first-order chi connectivity index (χ1) is 14.8. The number of methoxy groups -OCH3 is 2. The standard InChI is InChI=1S/C22H32N4O4S/c1-16(2)26-31(27,28)15-19-9-7-6-8-17(19)13-24-22(23-3)25-14-18-10-11-20(29-4)12-21(18)30-5/h6-12,16,26H,13-15H2,1-5H3,(H2,23,24,25). The number of nitrogens with one attached hydrogen (secondary N) is 3. The van der Waals surface area contributed by atoms with Gasteiger partial charge in [-0.2, -0.15) is 0 Å². The topological polar surface area (TPSA) is 101 Å². The molecule has 0 aliphatic heterocycles. The van der Waals surface area contributed by atoms with E-state index >= 15 is 0 Å². The van der Waals surface area contributed by atoms with Gasteiger partial charge in [0.1, 0.15) is 11.5 Å². The highest BCUT2D eigenvalue weighted by Crippen LogP contribution is 2.24. The van der Waals surface area contributed by atoms with Gasteiger partial charge in [-0.25, -0.2) is 13.1 Å². The van der Waals surface area contributed by atoms with E-state index < -0.39 is 10.0 Å². The van der Waals surface area contributed by atoms with Crippen molar-refractivity contribution < 1.29 is 17.9 Å². The molecule has 0 amide bonds. The molecule has 8 nitrogen and oxygen atoms in total. The Morgan fingerprint density at radius 3 is 2.19 bits per heavy atom. The summed E-state index contributed by atoms with van der Waals surface area (Å²) in [4.78, 5) is 4.25. The SMILES string of the molecule is CN=C(NCc1ccccc1CS(=O)(=O)NC(C)C)NCc1ccc(OC)cc1OC. The number of ether oxygens (including phenoxy) is 2. The third-order valence-corrected chi connectivity index (χ3v) is 6.01. The molecule has 9 heteroatoms. The third kappa shape index (κ3) is 7.76. The van der Waals surface area contributed by atoms with E-state index in [1.165, 1.54) is 0 Å². The van der Waals surface area contributed by atoms with Crippen LogP contribution in [0.2, 0.25) is 0 Å². The van der Waals surface area contributed by atoms with Gasteiger partial charge < -0.3 is 20.1 Å². The van der Waals surface area contributed by atoms with Gasteiger partial charge >= 0.3 is 0 Å². The largest absolute Gasteiger partial charge is 0.497 e. The van der Waals surface area contributed by atoms with Crippen molar-refractivity contribution in [2.24, 2.45) is 4.99 Å². The van der Waals surface area contributed by atoms with E-state index in [1.54, 1.807) is 35.1 Å². The summed E-state index contributed by atoms with van der Waals surface area (Å²) in [5.74, 6) is 1.96. The second-order valence-electron chi connectivity index (χ2n) is 7.26. The van der Waals surface area contributed by atoms with Gasteiger partial charge in [0.15, 0.2) is 5.96 Å². The Morgan fingerprint density at radius 1 is 0.968 bits per heavy atom. The Hall–Kier alpha value is -2.78. The lowest BCUT2D eigenvalue weighted by Gasteiger charge is -2.16. The van der Waals surface area contributed by atoms with Crippen molar-refractivity contribution in [2.75, 3.05) is 21.3 Å². The Kier molecular flexibility index (Phi) is 9.14. The van der Waals surface area contributed by atoms with E-state index in [0.717, 1.165) is 28.2 Å². The predicted molar refractivity (Wildman–Crippen MR) is 124 cm³/mol. The molecule has 2 aromatic rings. The molecule has 0 fully saturated rings. The van der Waals surface area contributed by atoms with Crippen molar-refractivity contribution in [2.45, 2.75) is 38.7 Å². The van der Waals surface area contributed by atoms with Crippen LogP contribution in [0, 0.1) is 0 Å². The molecule has 0 spiro atoms. The first-order valence-electron chi connectivity index (χ1n) is 10.00. The molecule has 0 bridgehead atoms. The Morgan fingerprint density at radius 2 is 1.61 bits per heavy atom. The summed E-state index contributed by atoms with van der Waals surface area (Å²) >= 11 is 0. The first kappa shape index (κ1) is 24.5. The van der Waals surface area contributed by atoms with Crippen molar-refractivity contribution in [3.05, 3.63) is 59.2 Å². The van der Waals surface area contributed by atoms with Crippen molar-refractivity contribution >= 4 is 16.0 Å². The van der Waals surface area contributed by atoms with E-state index in [4.69, 9.17) is 9.47 Å². The molecule has 0 radical (unpaired) electrons. The molecule has 0 saturated carbocycles. The summed E-state index contributed by atoms with van der Waals surface area (Å²) in [5.41, 5.74) is 2.59. The second-order valence-corrected chi connectivity index (χ2v) is 9.01. The molecule has 2 rings (SSSR count). The van der Waals surface area contributed by atoms with E-state index in [1.807, 2.05) is 42.5 Å². The molecule has 3 N–H and O–H groups in total. The van der Waals surface area contributed by atoms with Crippen LogP contribution in [0.15, 0.2) is 47.5 Å². The fraction of sp³-hybridized carbons (Fsp3) is 0.409. The zero-order valence-electron chi connectivity index (χ0n) is 18.7. The summed E-state index contributed by atoms with van der Waals surface area (Å²) in [6.07, 6.45) is 0. The zero-order valence-corrected chi connectivity index (χ0v) is 19.5. The van der Waals surface area contributed by atoms with Crippen LogP contribution in [0.25, 0.3) is 0 Å². The van der Waals surface area contributed by atoms with Crippen LogP contribution in [-0.4, -0.2) is 41.7 Å². The van der Waals surface area contributed by atoms with Crippen LogP contribution in [0.3, 0.4) is 0 Å². The molecular weight excluding hydrogens is 416 g/mol. The fourth-order valence-corrected chi connectivity index (χ4v) is 4.55. The number of aliphatic imine (C=N–C) groups is 1. The maximum absolute atomic E-state index is 12.3. The van der Waals surface area contributed by atoms with E-state index in [0.29, 0.717) is 19.0 Å². The minimum atomic E-state index is -3.41. The van der Waals surface area contributed by atoms with Crippen LogP contribution in [0.5, 0.6) is 11.5 Å². The lowest BCUT2D eigenvalue weighted by Crippen LogP contribution is -2.37. The maximum Gasteiger partial charge on any atom is 0.216 e. The number of benzene rings is 2. The molecule has 0 aliphatic rings. The highest BCUT2D eigenvalue weighted by Gasteiger charge is 2.15. The Bertz CT molecular complexity index is 991. The van der Waals surface area contributed by atoms with Gasteiger partial charge in [-0.15, -0.1) is 0 Å². The van der Waals surface area contributed by atoms with E-state index in [9.17, 15) is 8.42 Å². The van der Waals surface area contributed by atoms with Gasteiger partial charge in [-0.1, -0.05) is 24.3 Å². The molecule has 0 atom stereocenters. The number of rotatable bonds is 10. The first-order valence-corrected chi connectivity index (χ1v) is 11.7. The van der Waals surface area contributed by atoms with Crippen molar-refractivity contribution in [3.63, 3.8) is 0 Å². The van der Waals surface area contributed by atoms with Crippen LogP contribution < -0.4 is 24.8 Å². The molecule has 0 aliphatic carbocycles. The lowest BCUT2D eigenvalue weighted by molar-refractivity contribution is 0.390. The number of hydrogen-bond donors (Lipinski definition) is 3. The Balaban J connectivity index is 2.02. The summed E-state index contributed by atoms with van der Waals surface area (Å²) in [7, 11) is 1.50. The minimum Gasteiger partial charge on any atom is -0.497 e. The predicted octanol–water partition coefficient (Wildman–Crippen LogP) is 2.40. The van der Waals surface area contributed by atoms with Gasteiger partial charge in [-0.3, -0.25) is 4.99 Å². The van der Waals surface area contributed by atoms with Crippen LogP contribution in [0.4, 0.5) is 0 Å². The van der Waals surface area contributed by atoms with E-state index in [2.05, 4.69) is 20.3 Å². The second kappa shape index (κ2) is 11.6. The average molecular weight is 449 g/mol. The van der Waals surface area contributed by atoms with Gasteiger partial charge in [0.2, 0.25) is 10.0 Å². The monoisotopic (exact) mass is 448 g/mol. The maximum atomic E-state index is 12.3. The molecule has 0 unspecified atom stereocenters. The minimum absolute atomic E-state index is 0.0713. The van der Waals surface area contributed by atoms with Gasteiger partial charge in [-0.05, 0) is 37.1 Å². The lowest BCUT2D eigenvalue weighted by atomic mass is 10.1.